The molecule has 1 aromatic heterocycles. The Morgan fingerprint density at radius 1 is 1.13 bits per heavy atom. The zero-order chi connectivity index (χ0) is 22.4. The molecule has 3 amide bonds. The third-order valence-electron chi connectivity index (χ3n) is 6.05. The Labute approximate surface area is 189 Å². The summed E-state index contributed by atoms with van der Waals surface area (Å²) in [4.78, 5) is 26.8. The van der Waals surface area contributed by atoms with E-state index in [9.17, 15) is 18.0 Å². The Morgan fingerprint density at radius 2 is 1.84 bits per heavy atom. The maximum Gasteiger partial charge on any atom is 0.322 e. The molecule has 2 N–H and O–H groups in total. The van der Waals surface area contributed by atoms with Gasteiger partial charge in [0.1, 0.15) is 4.21 Å². The van der Waals surface area contributed by atoms with E-state index >= 15 is 0 Å². The van der Waals surface area contributed by atoms with Gasteiger partial charge >= 0.3 is 6.03 Å². The lowest BCUT2D eigenvalue weighted by atomic mass is 9.97. The Kier molecular flexibility index (Phi) is 8.35. The molecule has 2 saturated heterocycles. The van der Waals surface area contributed by atoms with Crippen molar-refractivity contribution < 1.29 is 18.0 Å². The fourth-order valence-corrected chi connectivity index (χ4v) is 6.83. The highest BCUT2D eigenvalue weighted by Crippen LogP contribution is 2.30. The van der Waals surface area contributed by atoms with E-state index in [2.05, 4.69) is 10.6 Å². The van der Waals surface area contributed by atoms with Gasteiger partial charge in [-0.1, -0.05) is 19.8 Å². The van der Waals surface area contributed by atoms with Crippen molar-refractivity contribution in [2.24, 2.45) is 5.92 Å². The summed E-state index contributed by atoms with van der Waals surface area (Å²) in [7, 11) is -3.53. The van der Waals surface area contributed by atoms with Crippen LogP contribution in [0.5, 0.6) is 0 Å². The largest absolute Gasteiger partial charge is 0.353 e. The summed E-state index contributed by atoms with van der Waals surface area (Å²) in [5, 5.41) is 6.32. The van der Waals surface area contributed by atoms with Crippen LogP contribution < -0.4 is 10.6 Å². The number of nitrogens with zero attached hydrogens (tertiary/aromatic N) is 2. The van der Waals surface area contributed by atoms with Gasteiger partial charge in [0.05, 0.1) is 10.9 Å². The molecule has 31 heavy (non-hydrogen) atoms. The van der Waals surface area contributed by atoms with Gasteiger partial charge in [-0.2, -0.15) is 4.31 Å². The quantitative estimate of drug-likeness (QED) is 0.665. The van der Waals surface area contributed by atoms with Crippen LogP contribution in [0.2, 0.25) is 0 Å². The Balaban J connectivity index is 1.59. The highest BCUT2D eigenvalue weighted by Gasteiger charge is 2.30. The number of carbonyl (C=O) groups is 2. The summed E-state index contributed by atoms with van der Waals surface area (Å²) < 4.78 is 27.7. The summed E-state index contributed by atoms with van der Waals surface area (Å²) in [5.41, 5.74) is 0. The lowest BCUT2D eigenvalue weighted by Gasteiger charge is -2.32. The zero-order valence-electron chi connectivity index (χ0n) is 18.4. The predicted molar refractivity (Wildman–Crippen MR) is 123 cm³/mol. The normalized spacial score (nSPS) is 21.9. The molecule has 3 rings (SSSR count). The minimum Gasteiger partial charge on any atom is -0.353 e. The van der Waals surface area contributed by atoms with Crippen LogP contribution in [0.1, 0.15) is 58.8 Å². The third kappa shape index (κ3) is 6.20. The van der Waals surface area contributed by atoms with E-state index in [1.807, 2.05) is 13.8 Å². The molecule has 2 atom stereocenters. The van der Waals surface area contributed by atoms with E-state index in [0.717, 1.165) is 56.3 Å². The van der Waals surface area contributed by atoms with Crippen molar-refractivity contribution in [2.75, 3.05) is 31.5 Å². The number of carbonyl (C=O) groups excluding carboxylic acids is 2. The van der Waals surface area contributed by atoms with Crippen LogP contribution in [0, 0.1) is 5.92 Å². The first-order chi connectivity index (χ1) is 14.8. The molecule has 0 spiro atoms. The van der Waals surface area contributed by atoms with Crippen LogP contribution in [0.25, 0.3) is 0 Å². The molecule has 0 aliphatic carbocycles. The molecular formula is C21H34N4O4S2. The molecule has 0 bridgehead atoms. The summed E-state index contributed by atoms with van der Waals surface area (Å²) in [6.45, 7) is 6.06. The minimum atomic E-state index is -3.53. The van der Waals surface area contributed by atoms with Crippen molar-refractivity contribution in [1.29, 1.82) is 0 Å². The van der Waals surface area contributed by atoms with Gasteiger partial charge in [0.15, 0.2) is 0 Å². The van der Waals surface area contributed by atoms with E-state index in [1.54, 1.807) is 21.3 Å². The van der Waals surface area contributed by atoms with E-state index in [4.69, 9.17) is 0 Å². The number of thiophene rings is 1. The standard InChI is InChI=1S/C21H34N4O4S2/c1-3-16(2)22-20(26)17-9-8-12-24(15-17)21(27)23-18-10-11-19(30-18)31(28,29)25-13-6-4-5-7-14-25/h10-11,16-17H,3-9,12-15H2,1-2H3,(H,22,26)(H,23,27). The molecule has 2 aliphatic rings. The van der Waals surface area contributed by atoms with Gasteiger partial charge in [-0.05, 0) is 51.2 Å². The van der Waals surface area contributed by atoms with E-state index in [0.29, 0.717) is 31.2 Å². The van der Waals surface area contributed by atoms with Crippen LogP contribution in [0.4, 0.5) is 9.80 Å². The van der Waals surface area contributed by atoms with Crippen LogP contribution in [0.15, 0.2) is 16.3 Å². The van der Waals surface area contributed by atoms with Gasteiger partial charge in [-0.25, -0.2) is 13.2 Å². The van der Waals surface area contributed by atoms with Crippen molar-refractivity contribution >= 4 is 38.3 Å². The minimum absolute atomic E-state index is 0.00574. The number of rotatable bonds is 6. The van der Waals surface area contributed by atoms with Gasteiger partial charge < -0.3 is 10.2 Å². The van der Waals surface area contributed by atoms with E-state index in [-0.39, 0.29) is 28.1 Å². The van der Waals surface area contributed by atoms with Gasteiger partial charge in [-0.15, -0.1) is 11.3 Å². The van der Waals surface area contributed by atoms with Gasteiger partial charge in [0.25, 0.3) is 10.0 Å². The van der Waals surface area contributed by atoms with E-state index < -0.39 is 10.0 Å². The second-order valence-corrected chi connectivity index (χ2v) is 11.7. The molecule has 2 unspecified atom stereocenters. The van der Waals surface area contributed by atoms with Crippen LogP contribution >= 0.6 is 11.3 Å². The number of urea groups is 1. The number of piperidine rings is 1. The van der Waals surface area contributed by atoms with Crippen LogP contribution in [-0.2, 0) is 14.8 Å². The molecule has 1 aromatic rings. The lowest BCUT2D eigenvalue weighted by Crippen LogP contribution is -2.48. The summed E-state index contributed by atoms with van der Waals surface area (Å²) in [5.74, 6) is -0.218. The van der Waals surface area contributed by atoms with Crippen LogP contribution in [-0.4, -0.2) is 61.8 Å². The molecule has 2 aliphatic heterocycles. The van der Waals surface area contributed by atoms with Crippen molar-refractivity contribution in [3.8, 4) is 0 Å². The number of hydrogen-bond acceptors (Lipinski definition) is 5. The molecular weight excluding hydrogens is 436 g/mol. The summed E-state index contributed by atoms with van der Waals surface area (Å²) in [6, 6.07) is 3.04. The van der Waals surface area contributed by atoms with Crippen molar-refractivity contribution in [3.63, 3.8) is 0 Å². The molecule has 10 heteroatoms. The summed E-state index contributed by atoms with van der Waals surface area (Å²) >= 11 is 1.08. The molecule has 2 fully saturated rings. The number of anilines is 1. The van der Waals surface area contributed by atoms with Crippen molar-refractivity contribution in [3.05, 3.63) is 12.1 Å². The zero-order valence-corrected chi connectivity index (χ0v) is 20.1. The molecule has 0 radical (unpaired) electrons. The Bertz CT molecular complexity index is 862. The van der Waals surface area contributed by atoms with Gasteiger partial charge in [0, 0.05) is 32.2 Å². The third-order valence-corrected chi connectivity index (χ3v) is 9.42. The average Bonchev–Trinajstić information content (AvgIpc) is 3.06. The fourth-order valence-electron chi connectivity index (χ4n) is 3.96. The smallest absolute Gasteiger partial charge is 0.322 e. The number of hydrogen-bond donors (Lipinski definition) is 2. The molecule has 8 nitrogen and oxygen atoms in total. The maximum atomic E-state index is 12.9. The Morgan fingerprint density at radius 3 is 2.52 bits per heavy atom. The monoisotopic (exact) mass is 470 g/mol. The maximum absolute atomic E-state index is 12.9. The van der Waals surface area contributed by atoms with E-state index in [1.165, 1.54) is 0 Å². The fraction of sp³-hybridized carbons (Fsp3) is 0.714. The second kappa shape index (κ2) is 10.8. The average molecular weight is 471 g/mol. The first kappa shape index (κ1) is 24.0. The second-order valence-electron chi connectivity index (χ2n) is 8.47. The van der Waals surface area contributed by atoms with Crippen molar-refractivity contribution in [1.82, 2.24) is 14.5 Å². The lowest BCUT2D eigenvalue weighted by molar-refractivity contribution is -0.126. The SMILES string of the molecule is CCC(C)NC(=O)C1CCCN(C(=O)Nc2ccc(S(=O)(=O)N3CCCCCC3)s2)C1. The summed E-state index contributed by atoms with van der Waals surface area (Å²) in [6.07, 6.45) is 6.29. The highest BCUT2D eigenvalue weighted by atomic mass is 32.2. The predicted octanol–water partition coefficient (Wildman–Crippen LogP) is 3.47. The topological polar surface area (TPSA) is 98.8 Å². The Hall–Kier alpha value is -1.65. The van der Waals surface area contributed by atoms with Gasteiger partial charge in [0.2, 0.25) is 5.91 Å². The van der Waals surface area contributed by atoms with Crippen molar-refractivity contribution in [2.45, 2.75) is 69.0 Å². The molecule has 0 aromatic carbocycles. The first-order valence-corrected chi connectivity index (χ1v) is 13.5. The highest BCUT2D eigenvalue weighted by molar-refractivity contribution is 7.91. The molecule has 3 heterocycles. The number of nitrogens with one attached hydrogen (secondary N) is 2. The number of likely N-dealkylation sites (tertiary alicyclic amines) is 1. The first-order valence-electron chi connectivity index (χ1n) is 11.3. The van der Waals surface area contributed by atoms with Crippen LogP contribution in [0.3, 0.4) is 0 Å². The van der Waals surface area contributed by atoms with Gasteiger partial charge in [-0.3, -0.25) is 10.1 Å². The molecule has 0 saturated carbocycles. The number of amides is 3. The number of sulfonamides is 1. The molecule has 174 valence electrons.